The Morgan fingerprint density at radius 2 is 1.63 bits per heavy atom. The first-order valence-corrected chi connectivity index (χ1v) is 9.64. The molecule has 2 aromatic carbocycles. The average Bonchev–Trinajstić information content (AvgIpc) is 2.69. The lowest BCUT2D eigenvalue weighted by Gasteiger charge is -2.39. The van der Waals surface area contributed by atoms with Crippen molar-refractivity contribution in [2.45, 2.75) is 6.04 Å². The van der Waals surface area contributed by atoms with Gasteiger partial charge in [-0.15, -0.1) is 0 Å². The van der Waals surface area contributed by atoms with Crippen LogP contribution >= 0.6 is 11.6 Å². The molecule has 27 heavy (non-hydrogen) atoms. The molecule has 0 bridgehead atoms. The van der Waals surface area contributed by atoms with E-state index in [1.165, 1.54) is 11.1 Å². The van der Waals surface area contributed by atoms with Gasteiger partial charge in [-0.05, 0) is 23.3 Å². The van der Waals surface area contributed by atoms with Crippen molar-refractivity contribution in [1.82, 2.24) is 9.80 Å². The van der Waals surface area contributed by atoms with E-state index in [0.29, 0.717) is 6.61 Å². The van der Waals surface area contributed by atoms with Crippen LogP contribution in [-0.4, -0.2) is 61.6 Å². The third-order valence-electron chi connectivity index (χ3n) is 4.87. The van der Waals surface area contributed by atoms with Crippen molar-refractivity contribution in [3.63, 3.8) is 0 Å². The monoisotopic (exact) mass is 387 g/mol. The van der Waals surface area contributed by atoms with Crippen LogP contribution in [0.5, 0.6) is 0 Å². The van der Waals surface area contributed by atoms with Crippen molar-refractivity contribution in [2.24, 2.45) is 5.73 Å². The minimum absolute atomic E-state index is 0.00733. The summed E-state index contributed by atoms with van der Waals surface area (Å²) >= 11 is 6.09. The number of benzene rings is 2. The highest BCUT2D eigenvalue weighted by Gasteiger charge is 2.26. The predicted octanol–water partition coefficient (Wildman–Crippen LogP) is 2.55. The fraction of sp³-hybridized carbons (Fsp3) is 0.381. The molecule has 2 aromatic rings. The molecule has 1 atom stereocenters. The second-order valence-electron chi connectivity index (χ2n) is 6.76. The highest BCUT2D eigenvalue weighted by atomic mass is 35.5. The molecule has 144 valence electrons. The largest absolute Gasteiger partial charge is 0.370 e. The van der Waals surface area contributed by atoms with Crippen LogP contribution in [0.3, 0.4) is 0 Å². The maximum atomic E-state index is 10.7. The van der Waals surface area contributed by atoms with Gasteiger partial charge in [0.25, 0.3) is 0 Å². The number of primary amides is 1. The zero-order valence-electron chi connectivity index (χ0n) is 15.4. The lowest BCUT2D eigenvalue weighted by atomic mass is 9.96. The van der Waals surface area contributed by atoms with Gasteiger partial charge in [-0.1, -0.05) is 54.1 Å². The molecule has 1 aliphatic rings. The van der Waals surface area contributed by atoms with Crippen LogP contribution in [0, 0.1) is 0 Å². The zero-order chi connectivity index (χ0) is 19.1. The van der Waals surface area contributed by atoms with Crippen molar-refractivity contribution in [1.29, 1.82) is 0 Å². The molecule has 0 unspecified atom stereocenters. The highest BCUT2D eigenvalue weighted by Crippen LogP contribution is 2.30. The number of ether oxygens (including phenoxy) is 1. The van der Waals surface area contributed by atoms with Crippen LogP contribution in [0.4, 0.5) is 0 Å². The Morgan fingerprint density at radius 1 is 1.00 bits per heavy atom. The first-order valence-electron chi connectivity index (χ1n) is 9.26. The number of piperazine rings is 1. The van der Waals surface area contributed by atoms with Gasteiger partial charge >= 0.3 is 0 Å². The predicted molar refractivity (Wildman–Crippen MR) is 108 cm³/mol. The van der Waals surface area contributed by atoms with Gasteiger partial charge in [0, 0.05) is 37.7 Å². The van der Waals surface area contributed by atoms with Gasteiger partial charge < -0.3 is 10.5 Å². The first kappa shape index (κ1) is 19.8. The van der Waals surface area contributed by atoms with Gasteiger partial charge in [-0.25, -0.2) is 0 Å². The summed E-state index contributed by atoms with van der Waals surface area (Å²) in [6.07, 6.45) is 0. The van der Waals surface area contributed by atoms with Crippen LogP contribution in [0.15, 0.2) is 54.6 Å². The molecular weight excluding hydrogens is 362 g/mol. The Bertz CT molecular complexity index is 716. The molecule has 3 rings (SSSR count). The summed E-state index contributed by atoms with van der Waals surface area (Å²) in [6.45, 7) is 5.22. The molecule has 0 aliphatic carbocycles. The summed E-state index contributed by atoms with van der Waals surface area (Å²) in [5, 5.41) is 0.756. The van der Waals surface area contributed by atoms with E-state index in [1.54, 1.807) is 0 Å². The van der Waals surface area contributed by atoms with Crippen LogP contribution in [0.1, 0.15) is 17.2 Å². The quantitative estimate of drug-likeness (QED) is 0.707. The molecule has 0 spiro atoms. The Labute approximate surface area is 165 Å². The van der Waals surface area contributed by atoms with E-state index < -0.39 is 5.91 Å². The number of carbonyl (C=O) groups excluding carboxylic acids is 1. The van der Waals surface area contributed by atoms with Crippen LogP contribution in [0.25, 0.3) is 0 Å². The standard InChI is InChI=1S/C21H26ClN3O2/c22-19-8-6-18(7-9-19)21(17-4-2-1-3-5-17)25-12-10-24(11-13-25)14-15-27-16-20(23)26/h1-9,21H,10-16H2,(H2,23,26)/t21-/m0/s1. The fourth-order valence-electron chi connectivity index (χ4n) is 3.51. The lowest BCUT2D eigenvalue weighted by Crippen LogP contribution is -2.48. The maximum Gasteiger partial charge on any atom is 0.243 e. The number of hydrogen-bond donors (Lipinski definition) is 1. The molecule has 2 N–H and O–H groups in total. The smallest absolute Gasteiger partial charge is 0.243 e. The summed E-state index contributed by atoms with van der Waals surface area (Å²) in [7, 11) is 0. The number of nitrogens with two attached hydrogens (primary N) is 1. The molecule has 5 nitrogen and oxygen atoms in total. The van der Waals surface area contributed by atoms with Gasteiger partial charge in [0.1, 0.15) is 6.61 Å². The fourth-order valence-corrected chi connectivity index (χ4v) is 3.63. The minimum Gasteiger partial charge on any atom is -0.370 e. The molecule has 1 heterocycles. The lowest BCUT2D eigenvalue weighted by molar-refractivity contribution is -0.122. The van der Waals surface area contributed by atoms with Crippen molar-refractivity contribution in [3.05, 3.63) is 70.7 Å². The average molecular weight is 388 g/mol. The van der Waals surface area contributed by atoms with Crippen molar-refractivity contribution < 1.29 is 9.53 Å². The van der Waals surface area contributed by atoms with E-state index in [0.717, 1.165) is 37.7 Å². The molecule has 6 heteroatoms. The summed E-state index contributed by atoms with van der Waals surface area (Å²) in [6, 6.07) is 19.0. The maximum absolute atomic E-state index is 10.7. The van der Waals surface area contributed by atoms with Crippen LogP contribution in [-0.2, 0) is 9.53 Å². The number of rotatable bonds is 8. The third-order valence-corrected chi connectivity index (χ3v) is 5.12. The molecular formula is C21H26ClN3O2. The molecule has 1 saturated heterocycles. The SMILES string of the molecule is NC(=O)COCCN1CCN([C@@H](c2ccccc2)c2ccc(Cl)cc2)CC1. The van der Waals surface area contributed by atoms with Crippen LogP contribution < -0.4 is 5.73 Å². The summed E-state index contributed by atoms with van der Waals surface area (Å²) < 4.78 is 5.28. The molecule has 0 aromatic heterocycles. The van der Waals surface area contributed by atoms with Crippen molar-refractivity contribution in [3.8, 4) is 0 Å². The summed E-state index contributed by atoms with van der Waals surface area (Å²) in [5.41, 5.74) is 7.63. The van der Waals surface area contributed by atoms with E-state index in [-0.39, 0.29) is 12.6 Å². The summed E-state index contributed by atoms with van der Waals surface area (Å²) in [4.78, 5) is 15.6. The molecule has 1 amide bonds. The van der Waals surface area contributed by atoms with E-state index in [1.807, 2.05) is 18.2 Å². The normalized spacial score (nSPS) is 16.9. The van der Waals surface area contributed by atoms with E-state index in [9.17, 15) is 4.79 Å². The zero-order valence-corrected chi connectivity index (χ0v) is 16.1. The van der Waals surface area contributed by atoms with Gasteiger partial charge in [0.05, 0.1) is 12.6 Å². The number of halogens is 1. The van der Waals surface area contributed by atoms with Gasteiger partial charge in [0.15, 0.2) is 0 Å². The van der Waals surface area contributed by atoms with Gasteiger partial charge in [0.2, 0.25) is 5.91 Å². The summed E-state index contributed by atoms with van der Waals surface area (Å²) in [5.74, 6) is -0.423. The van der Waals surface area contributed by atoms with Crippen LogP contribution in [0.2, 0.25) is 5.02 Å². The molecule has 0 saturated carbocycles. The highest BCUT2D eigenvalue weighted by molar-refractivity contribution is 6.30. The second kappa shape index (κ2) is 9.85. The Hall–Kier alpha value is -1.92. The van der Waals surface area contributed by atoms with Gasteiger partial charge in [-0.2, -0.15) is 0 Å². The number of nitrogens with zero attached hydrogens (tertiary/aromatic N) is 2. The van der Waals surface area contributed by atoms with E-state index >= 15 is 0 Å². The molecule has 1 fully saturated rings. The Kier molecular flexibility index (Phi) is 7.24. The van der Waals surface area contributed by atoms with Crippen molar-refractivity contribution >= 4 is 17.5 Å². The van der Waals surface area contributed by atoms with E-state index in [2.05, 4.69) is 46.2 Å². The number of carbonyl (C=O) groups is 1. The van der Waals surface area contributed by atoms with E-state index in [4.69, 9.17) is 22.1 Å². The number of amides is 1. The number of hydrogen-bond acceptors (Lipinski definition) is 4. The molecule has 0 radical (unpaired) electrons. The van der Waals surface area contributed by atoms with Gasteiger partial charge in [-0.3, -0.25) is 14.6 Å². The third kappa shape index (κ3) is 5.78. The van der Waals surface area contributed by atoms with Crippen molar-refractivity contribution in [2.75, 3.05) is 45.9 Å². The topological polar surface area (TPSA) is 58.8 Å². The minimum atomic E-state index is -0.423. The second-order valence-corrected chi connectivity index (χ2v) is 7.20. The Morgan fingerprint density at radius 3 is 2.26 bits per heavy atom. The molecule has 1 aliphatic heterocycles. The first-order chi connectivity index (χ1) is 13.1. The Balaban J connectivity index is 1.63.